The van der Waals surface area contributed by atoms with Crippen molar-refractivity contribution >= 4 is 63.1 Å². The summed E-state index contributed by atoms with van der Waals surface area (Å²) in [6.45, 7) is 2.46. The van der Waals surface area contributed by atoms with Crippen molar-refractivity contribution in [2.45, 2.75) is 13.5 Å². The predicted molar refractivity (Wildman–Crippen MR) is 146 cm³/mol. The number of hydrogen-bond donors (Lipinski definition) is 1. The van der Waals surface area contributed by atoms with Gasteiger partial charge in [-0.2, -0.15) is 0 Å². The number of nitrogens with zero attached hydrogens (tertiary/aromatic N) is 2. The highest BCUT2D eigenvalue weighted by Gasteiger charge is 2.25. The molecule has 1 saturated heterocycles. The van der Waals surface area contributed by atoms with Gasteiger partial charge in [-0.15, -0.1) is 0 Å². The van der Waals surface area contributed by atoms with E-state index in [1.807, 2.05) is 79.9 Å². The Kier molecular flexibility index (Phi) is 6.67. The lowest BCUT2D eigenvalue weighted by atomic mass is 10.1. The fraction of sp³-hybridized carbons (Fsp3) is 0.107. The Balaban J connectivity index is 1.47. The molecule has 0 radical (unpaired) electrons. The summed E-state index contributed by atoms with van der Waals surface area (Å²) in [5.74, 6) is -0.560. The van der Waals surface area contributed by atoms with Crippen molar-refractivity contribution < 1.29 is 14.3 Å². The molecule has 0 aliphatic carbocycles. The van der Waals surface area contributed by atoms with E-state index >= 15 is 0 Å². The number of fused-ring (bicyclic) bond motifs is 1. The summed E-state index contributed by atoms with van der Waals surface area (Å²) in [4.78, 5) is 29.8. The van der Waals surface area contributed by atoms with Gasteiger partial charge in [0, 0.05) is 34.2 Å². The van der Waals surface area contributed by atoms with Crippen molar-refractivity contribution in [2.75, 3.05) is 7.11 Å². The Morgan fingerprint density at radius 3 is 2.78 bits per heavy atom. The Bertz CT molecular complexity index is 1570. The number of amides is 1. The summed E-state index contributed by atoms with van der Waals surface area (Å²) in [5.41, 5.74) is 5.01. The number of methoxy groups -OCH3 is 1. The summed E-state index contributed by atoms with van der Waals surface area (Å²) in [7, 11) is 1.37. The normalized spacial score (nSPS) is 15.6. The quantitative estimate of drug-likeness (QED) is 0.249. The van der Waals surface area contributed by atoms with E-state index in [1.165, 1.54) is 18.9 Å². The van der Waals surface area contributed by atoms with Crippen molar-refractivity contribution in [1.82, 2.24) is 9.88 Å². The van der Waals surface area contributed by atoms with Crippen LogP contribution < -0.4 is 5.32 Å². The van der Waals surface area contributed by atoms with E-state index in [2.05, 4.69) is 14.9 Å². The van der Waals surface area contributed by atoms with Crippen molar-refractivity contribution in [3.8, 4) is 0 Å². The molecule has 5 rings (SSSR count). The van der Waals surface area contributed by atoms with E-state index in [0.29, 0.717) is 27.2 Å². The van der Waals surface area contributed by atoms with Gasteiger partial charge in [-0.3, -0.25) is 4.79 Å². The summed E-state index contributed by atoms with van der Waals surface area (Å²) in [5, 5.41) is 5.02. The highest BCUT2D eigenvalue weighted by atomic mass is 35.5. The average molecular weight is 516 g/mol. The molecule has 1 amide bonds. The third kappa shape index (κ3) is 4.80. The Labute approximate surface area is 217 Å². The van der Waals surface area contributed by atoms with E-state index in [4.69, 9.17) is 16.3 Å². The van der Waals surface area contributed by atoms with Gasteiger partial charge in [0.1, 0.15) is 0 Å². The summed E-state index contributed by atoms with van der Waals surface area (Å²) in [6, 6.07) is 20.9. The number of benzene rings is 3. The van der Waals surface area contributed by atoms with Gasteiger partial charge in [-0.05, 0) is 66.2 Å². The predicted octanol–water partition coefficient (Wildman–Crippen LogP) is 6.33. The van der Waals surface area contributed by atoms with E-state index < -0.39 is 0 Å². The van der Waals surface area contributed by atoms with Crippen LogP contribution in [0.5, 0.6) is 0 Å². The molecule has 36 heavy (non-hydrogen) atoms. The lowest BCUT2D eigenvalue weighted by molar-refractivity contribution is -0.115. The number of carbonyl (C=O) groups is 2. The zero-order valence-corrected chi connectivity index (χ0v) is 21.2. The molecule has 1 aliphatic rings. The van der Waals surface area contributed by atoms with Crippen LogP contribution in [-0.2, 0) is 16.1 Å². The molecule has 1 aromatic heterocycles. The van der Waals surface area contributed by atoms with Crippen molar-refractivity contribution in [3.05, 3.63) is 105 Å². The minimum absolute atomic E-state index is 0.193. The summed E-state index contributed by atoms with van der Waals surface area (Å²) < 4.78 is 6.96. The second-order valence-corrected chi connectivity index (χ2v) is 9.72. The number of carbonyl (C=O) groups excluding carboxylic acids is 2. The van der Waals surface area contributed by atoms with Crippen molar-refractivity contribution in [2.24, 2.45) is 4.99 Å². The first-order valence-electron chi connectivity index (χ1n) is 11.2. The number of thioether (sulfide) groups is 1. The minimum Gasteiger partial charge on any atom is -0.465 e. The molecule has 0 saturated carbocycles. The zero-order valence-electron chi connectivity index (χ0n) is 19.6. The lowest BCUT2D eigenvalue weighted by Gasteiger charge is -2.07. The van der Waals surface area contributed by atoms with E-state index in [-0.39, 0.29) is 11.9 Å². The van der Waals surface area contributed by atoms with Crippen molar-refractivity contribution in [1.29, 1.82) is 0 Å². The van der Waals surface area contributed by atoms with Crippen LogP contribution in [0.2, 0.25) is 5.02 Å². The first-order valence-corrected chi connectivity index (χ1v) is 12.4. The number of rotatable bonds is 5. The molecule has 0 unspecified atom stereocenters. The third-order valence-electron chi connectivity index (χ3n) is 5.92. The molecule has 4 aromatic rings. The second kappa shape index (κ2) is 10.0. The van der Waals surface area contributed by atoms with Gasteiger partial charge < -0.3 is 14.6 Å². The highest BCUT2D eigenvalue weighted by molar-refractivity contribution is 8.18. The molecular formula is C28H22ClN3O3S. The lowest BCUT2D eigenvalue weighted by Crippen LogP contribution is -2.19. The van der Waals surface area contributed by atoms with Gasteiger partial charge in [0.2, 0.25) is 0 Å². The SMILES string of the molecule is COC(=O)c1cccc(Cn2cc(/C=C3\SC(=Nc4cccc(Cl)c4C)NC3=O)c3ccccc32)c1. The Morgan fingerprint density at radius 1 is 1.14 bits per heavy atom. The van der Waals surface area contributed by atoms with Crippen molar-refractivity contribution in [3.63, 3.8) is 0 Å². The third-order valence-corrected chi connectivity index (χ3v) is 7.24. The fourth-order valence-corrected chi connectivity index (χ4v) is 5.08. The standard InChI is InChI=1S/C28H22ClN3O3S/c1-17-22(29)10-6-11-23(17)30-28-31-26(33)25(36-28)14-20-16-32(24-12-4-3-9-21(20)24)15-18-7-5-8-19(13-18)27(34)35-2/h3-14,16H,15H2,1-2H3,(H,30,31,33)/b25-14-. The first-order chi connectivity index (χ1) is 17.4. The van der Waals surface area contributed by atoms with E-state index in [1.54, 1.807) is 6.07 Å². The second-order valence-electron chi connectivity index (χ2n) is 8.29. The van der Waals surface area contributed by atoms with E-state index in [0.717, 1.165) is 33.3 Å². The average Bonchev–Trinajstić information content (AvgIpc) is 3.41. The molecule has 1 aliphatic heterocycles. The van der Waals surface area contributed by atoms with Crippen LogP contribution in [0.4, 0.5) is 5.69 Å². The molecule has 0 bridgehead atoms. The van der Waals surface area contributed by atoms with Crippen LogP contribution in [0, 0.1) is 6.92 Å². The van der Waals surface area contributed by atoms with Crippen LogP contribution in [0.25, 0.3) is 17.0 Å². The largest absolute Gasteiger partial charge is 0.465 e. The number of hydrogen-bond acceptors (Lipinski definition) is 5. The fourth-order valence-electron chi connectivity index (χ4n) is 4.08. The van der Waals surface area contributed by atoms with Gasteiger partial charge in [0.25, 0.3) is 5.91 Å². The maximum atomic E-state index is 12.7. The van der Waals surface area contributed by atoms with Gasteiger partial charge in [-0.1, -0.05) is 48.0 Å². The smallest absolute Gasteiger partial charge is 0.337 e. The zero-order chi connectivity index (χ0) is 25.2. The number of halogens is 1. The topological polar surface area (TPSA) is 72.7 Å². The number of esters is 1. The monoisotopic (exact) mass is 515 g/mol. The van der Waals surface area contributed by atoms with Gasteiger partial charge in [0.05, 0.1) is 23.3 Å². The van der Waals surface area contributed by atoms with E-state index in [9.17, 15) is 9.59 Å². The molecule has 0 spiro atoms. The Morgan fingerprint density at radius 2 is 1.94 bits per heavy atom. The maximum Gasteiger partial charge on any atom is 0.337 e. The van der Waals surface area contributed by atoms with Crippen LogP contribution in [-0.4, -0.2) is 28.7 Å². The molecule has 0 atom stereocenters. The molecule has 8 heteroatoms. The molecule has 2 heterocycles. The number of para-hydroxylation sites is 1. The molecule has 6 nitrogen and oxygen atoms in total. The highest BCUT2D eigenvalue weighted by Crippen LogP contribution is 2.33. The Hall–Kier alpha value is -3.81. The summed E-state index contributed by atoms with van der Waals surface area (Å²) in [6.07, 6.45) is 3.91. The molecule has 1 N–H and O–H groups in total. The number of aromatic nitrogens is 1. The van der Waals surface area contributed by atoms with Crippen LogP contribution >= 0.6 is 23.4 Å². The molecule has 3 aromatic carbocycles. The van der Waals surface area contributed by atoms with Gasteiger partial charge in [0.15, 0.2) is 5.17 Å². The van der Waals surface area contributed by atoms with Crippen LogP contribution in [0.15, 0.2) is 82.8 Å². The number of ether oxygens (including phenoxy) is 1. The van der Waals surface area contributed by atoms with Crippen LogP contribution in [0.1, 0.15) is 27.0 Å². The number of aliphatic imine (C=N–C) groups is 1. The van der Waals surface area contributed by atoms with Gasteiger partial charge in [-0.25, -0.2) is 9.79 Å². The maximum absolute atomic E-state index is 12.7. The number of nitrogens with one attached hydrogen (secondary N) is 1. The van der Waals surface area contributed by atoms with Gasteiger partial charge >= 0.3 is 5.97 Å². The summed E-state index contributed by atoms with van der Waals surface area (Å²) >= 11 is 7.51. The molecule has 1 fully saturated rings. The van der Waals surface area contributed by atoms with Crippen LogP contribution in [0.3, 0.4) is 0 Å². The molecule has 180 valence electrons. The first kappa shape index (κ1) is 23.9. The number of amidine groups is 1. The minimum atomic E-state index is -0.366. The molecular weight excluding hydrogens is 494 g/mol.